The molecule has 1 aromatic carbocycles. The van der Waals surface area contributed by atoms with Gasteiger partial charge in [0.1, 0.15) is 11.5 Å². The molecule has 0 aliphatic rings. The third-order valence-corrected chi connectivity index (χ3v) is 3.23. The molecule has 0 amide bonds. The van der Waals surface area contributed by atoms with Crippen molar-refractivity contribution in [3.63, 3.8) is 0 Å². The molecule has 0 saturated carbocycles. The molecule has 0 spiro atoms. The lowest BCUT2D eigenvalue weighted by Crippen LogP contribution is -2.05. The van der Waals surface area contributed by atoms with Crippen LogP contribution in [0.2, 0.25) is 0 Å². The minimum atomic E-state index is -2.84. The molecule has 0 aromatic heterocycles. The number of hydrogen-bond acceptors (Lipinski definition) is 2. The number of ether oxygens (including phenoxy) is 1. The molecule has 0 N–H and O–H groups in total. The van der Waals surface area contributed by atoms with E-state index in [-0.39, 0.29) is 11.5 Å². The zero-order valence-corrected chi connectivity index (χ0v) is 10.4. The molecule has 1 atom stereocenters. The summed E-state index contributed by atoms with van der Waals surface area (Å²) in [6.45, 7) is 0.366. The van der Waals surface area contributed by atoms with Gasteiger partial charge in [-0.3, -0.25) is 4.79 Å². The number of rotatable bonds is 4. The van der Waals surface area contributed by atoms with E-state index in [0.717, 1.165) is 11.1 Å². The van der Waals surface area contributed by atoms with E-state index < -0.39 is 11.4 Å². The van der Waals surface area contributed by atoms with Gasteiger partial charge in [-0.2, -0.15) is 8.78 Å². The van der Waals surface area contributed by atoms with Crippen LogP contribution in [0.15, 0.2) is 18.2 Å². The van der Waals surface area contributed by atoms with Crippen LogP contribution in [0.5, 0.6) is 5.75 Å². The molecule has 0 bridgehead atoms. The maximum Gasteiger partial charge on any atom is 0.387 e. The van der Waals surface area contributed by atoms with Crippen molar-refractivity contribution in [1.29, 1.82) is 0 Å². The van der Waals surface area contributed by atoms with Crippen molar-refractivity contribution in [1.82, 2.24) is 0 Å². The zero-order chi connectivity index (χ0) is 12.3. The molecule has 5 heteroatoms. The number of carbonyl (C=O) groups is 1. The molecule has 2 nitrogen and oxygen atoms in total. The highest BCUT2D eigenvalue weighted by Gasteiger charge is 2.15. The van der Waals surface area contributed by atoms with Gasteiger partial charge in [0.15, 0.2) is 0 Å². The number of halogens is 3. The molecular formula is C11H11BrF2O2. The van der Waals surface area contributed by atoms with Crippen molar-refractivity contribution < 1.29 is 18.3 Å². The van der Waals surface area contributed by atoms with Crippen LogP contribution in [0.4, 0.5) is 8.78 Å². The van der Waals surface area contributed by atoms with Crippen LogP contribution in [0.1, 0.15) is 22.9 Å². The fraction of sp³-hybridized carbons (Fsp3) is 0.364. The van der Waals surface area contributed by atoms with Crippen molar-refractivity contribution in [2.45, 2.75) is 25.3 Å². The van der Waals surface area contributed by atoms with Crippen LogP contribution in [0.25, 0.3) is 0 Å². The van der Waals surface area contributed by atoms with Crippen LogP contribution < -0.4 is 4.74 Å². The Hall–Kier alpha value is -0.970. The number of aryl methyl sites for hydroxylation is 1. The predicted octanol–water partition coefficient (Wildman–Crippen LogP) is 3.62. The average Bonchev–Trinajstić information content (AvgIpc) is 2.15. The fourth-order valence-electron chi connectivity index (χ4n) is 1.33. The van der Waals surface area contributed by atoms with E-state index in [1.54, 1.807) is 13.0 Å². The van der Waals surface area contributed by atoms with Crippen LogP contribution >= 0.6 is 15.9 Å². The van der Waals surface area contributed by atoms with E-state index in [1.165, 1.54) is 19.1 Å². The number of hydrogen-bond donors (Lipinski definition) is 0. The maximum absolute atomic E-state index is 12.0. The highest BCUT2D eigenvalue weighted by atomic mass is 79.9. The number of benzene rings is 1. The van der Waals surface area contributed by atoms with Gasteiger partial charge in [0.05, 0.1) is 4.83 Å². The van der Waals surface area contributed by atoms with Crippen molar-refractivity contribution in [2.75, 3.05) is 0 Å². The van der Waals surface area contributed by atoms with Crippen molar-refractivity contribution in [3.8, 4) is 5.75 Å². The lowest BCUT2D eigenvalue weighted by molar-refractivity contribution is -0.116. The number of ketones is 1. The first-order valence-corrected chi connectivity index (χ1v) is 5.53. The maximum atomic E-state index is 12.0. The summed E-state index contributed by atoms with van der Waals surface area (Å²) < 4.78 is 28.2. The topological polar surface area (TPSA) is 26.3 Å². The molecule has 1 unspecified atom stereocenters. The molecule has 16 heavy (non-hydrogen) atoms. The summed E-state index contributed by atoms with van der Waals surface area (Å²) in [6.07, 6.45) is 0. The third-order valence-electron chi connectivity index (χ3n) is 2.10. The summed E-state index contributed by atoms with van der Waals surface area (Å²) in [6, 6.07) is 4.51. The van der Waals surface area contributed by atoms with Gasteiger partial charge in [0.2, 0.25) is 0 Å². The lowest BCUT2D eigenvalue weighted by atomic mass is 10.0. The minimum Gasteiger partial charge on any atom is -0.435 e. The summed E-state index contributed by atoms with van der Waals surface area (Å²) in [5, 5.41) is 0. The summed E-state index contributed by atoms with van der Waals surface area (Å²) in [5.41, 5.74) is 1.49. The molecule has 0 saturated heterocycles. The Labute approximate surface area is 101 Å². The second-order valence-electron chi connectivity index (χ2n) is 3.37. The summed E-state index contributed by atoms with van der Waals surface area (Å²) in [4.78, 5) is 10.8. The molecular weight excluding hydrogens is 282 g/mol. The van der Waals surface area contributed by atoms with Gasteiger partial charge in [0, 0.05) is 0 Å². The monoisotopic (exact) mass is 292 g/mol. The van der Waals surface area contributed by atoms with E-state index in [9.17, 15) is 13.6 Å². The third kappa shape index (κ3) is 3.27. The standard InChI is InChI=1S/C11H11BrF2O2/c1-6-5-8(16-11(13)14)3-4-9(6)10(12)7(2)15/h3-5,10-11H,1-2H3. The van der Waals surface area contributed by atoms with Crippen molar-refractivity contribution in [2.24, 2.45) is 0 Å². The van der Waals surface area contributed by atoms with Crippen molar-refractivity contribution >= 4 is 21.7 Å². The Balaban J connectivity index is 2.95. The Bertz CT molecular complexity index is 394. The second kappa shape index (κ2) is 5.39. The smallest absolute Gasteiger partial charge is 0.387 e. The van der Waals surface area contributed by atoms with Gasteiger partial charge in [-0.15, -0.1) is 0 Å². The average molecular weight is 293 g/mol. The van der Waals surface area contributed by atoms with E-state index in [4.69, 9.17) is 0 Å². The molecule has 0 aliphatic heterocycles. The summed E-state index contributed by atoms with van der Waals surface area (Å²) in [7, 11) is 0. The molecule has 0 radical (unpaired) electrons. The Kier molecular flexibility index (Phi) is 4.41. The number of alkyl halides is 3. The van der Waals surface area contributed by atoms with Crippen LogP contribution in [0, 0.1) is 6.92 Å². The Morgan fingerprint density at radius 2 is 2.06 bits per heavy atom. The van der Waals surface area contributed by atoms with E-state index in [0.29, 0.717) is 0 Å². The van der Waals surface area contributed by atoms with Gasteiger partial charge in [-0.05, 0) is 37.1 Å². The molecule has 0 heterocycles. The minimum absolute atomic E-state index is 0.0365. The highest BCUT2D eigenvalue weighted by Crippen LogP contribution is 2.29. The molecule has 0 aliphatic carbocycles. The van der Waals surface area contributed by atoms with Crippen molar-refractivity contribution in [3.05, 3.63) is 29.3 Å². The van der Waals surface area contributed by atoms with Crippen LogP contribution in [-0.2, 0) is 4.79 Å². The molecule has 1 aromatic rings. The van der Waals surface area contributed by atoms with Gasteiger partial charge in [-0.25, -0.2) is 0 Å². The number of carbonyl (C=O) groups excluding carboxylic acids is 1. The summed E-state index contributed by atoms with van der Waals surface area (Å²) >= 11 is 3.24. The second-order valence-corrected chi connectivity index (χ2v) is 4.29. The molecule has 1 rings (SSSR count). The fourth-order valence-corrected chi connectivity index (χ4v) is 1.84. The Morgan fingerprint density at radius 3 is 2.50 bits per heavy atom. The van der Waals surface area contributed by atoms with Gasteiger partial charge >= 0.3 is 6.61 Å². The largest absolute Gasteiger partial charge is 0.435 e. The zero-order valence-electron chi connectivity index (χ0n) is 8.84. The van der Waals surface area contributed by atoms with E-state index in [2.05, 4.69) is 20.7 Å². The normalized spacial score (nSPS) is 12.6. The quantitative estimate of drug-likeness (QED) is 0.792. The highest BCUT2D eigenvalue weighted by molar-refractivity contribution is 9.09. The summed E-state index contributed by atoms with van der Waals surface area (Å²) in [5.74, 6) is 0.0603. The van der Waals surface area contributed by atoms with Gasteiger partial charge < -0.3 is 4.74 Å². The lowest BCUT2D eigenvalue weighted by Gasteiger charge is -2.12. The SMILES string of the molecule is CC(=O)C(Br)c1ccc(OC(F)F)cc1C. The molecule has 0 fully saturated rings. The van der Waals surface area contributed by atoms with E-state index in [1.807, 2.05) is 0 Å². The first-order chi connectivity index (χ1) is 7.41. The van der Waals surface area contributed by atoms with Crippen LogP contribution in [0.3, 0.4) is 0 Å². The number of Topliss-reactive ketones (excluding diaryl/α,β-unsaturated/α-hetero) is 1. The predicted molar refractivity (Wildman–Crippen MR) is 60.2 cm³/mol. The van der Waals surface area contributed by atoms with E-state index >= 15 is 0 Å². The van der Waals surface area contributed by atoms with Gasteiger partial charge in [-0.1, -0.05) is 22.0 Å². The van der Waals surface area contributed by atoms with Gasteiger partial charge in [0.25, 0.3) is 0 Å². The first-order valence-electron chi connectivity index (χ1n) is 4.61. The molecule has 88 valence electrons. The Morgan fingerprint density at radius 1 is 1.44 bits per heavy atom. The van der Waals surface area contributed by atoms with Crippen LogP contribution in [-0.4, -0.2) is 12.4 Å². The first kappa shape index (κ1) is 13.1.